The largest absolute Gasteiger partial charge is 0.331 e. The quantitative estimate of drug-likeness (QED) is 0.755. The molecule has 1 aliphatic heterocycles. The van der Waals surface area contributed by atoms with Gasteiger partial charge in [-0.25, -0.2) is 4.79 Å². The molecule has 2 saturated carbocycles. The lowest BCUT2D eigenvalue weighted by atomic mass is 9.77. The molecule has 0 radical (unpaired) electrons. The highest BCUT2D eigenvalue weighted by molar-refractivity contribution is 6.19. The van der Waals surface area contributed by atoms with E-state index in [0.29, 0.717) is 24.7 Å². The molecular formula is C16H24N2O3. The van der Waals surface area contributed by atoms with Crippen LogP contribution in [0, 0.1) is 17.3 Å². The molecule has 4 amide bonds. The van der Waals surface area contributed by atoms with Gasteiger partial charge in [0, 0.05) is 6.04 Å². The summed E-state index contributed by atoms with van der Waals surface area (Å²) in [5.41, 5.74) is -0.960. The van der Waals surface area contributed by atoms with Gasteiger partial charge >= 0.3 is 6.03 Å². The third-order valence-corrected chi connectivity index (χ3v) is 5.48. The standard InChI is InChI=1S/C16H24N2O3/c1-10-7-11(2)9-12(8-10)18-14(20)16(5-3-4-6-16)13(19)17-15(18)21/h10-12H,3-9H2,1-2H3,(H,17,19,21). The zero-order valence-corrected chi connectivity index (χ0v) is 12.9. The summed E-state index contributed by atoms with van der Waals surface area (Å²) in [6, 6.07) is -0.560. The Bertz CT molecular complexity index is 472. The van der Waals surface area contributed by atoms with Crippen LogP contribution in [0.5, 0.6) is 0 Å². The summed E-state index contributed by atoms with van der Waals surface area (Å²) in [4.78, 5) is 38.8. The van der Waals surface area contributed by atoms with Gasteiger partial charge in [0.1, 0.15) is 5.41 Å². The summed E-state index contributed by atoms with van der Waals surface area (Å²) in [7, 11) is 0. The number of barbiturate groups is 1. The van der Waals surface area contributed by atoms with E-state index >= 15 is 0 Å². The van der Waals surface area contributed by atoms with E-state index in [-0.39, 0.29) is 17.9 Å². The molecule has 2 atom stereocenters. The number of nitrogens with one attached hydrogen (secondary N) is 1. The fraction of sp³-hybridized carbons (Fsp3) is 0.812. The molecular weight excluding hydrogens is 268 g/mol. The van der Waals surface area contributed by atoms with E-state index in [1.54, 1.807) is 0 Å². The predicted octanol–water partition coefficient (Wildman–Crippen LogP) is 2.45. The molecule has 0 aromatic carbocycles. The molecule has 3 rings (SSSR count). The fourth-order valence-corrected chi connectivity index (χ4v) is 4.56. The summed E-state index contributed by atoms with van der Waals surface area (Å²) in [6.07, 6.45) is 5.79. The van der Waals surface area contributed by atoms with Crippen LogP contribution in [0.25, 0.3) is 0 Å². The lowest BCUT2D eigenvalue weighted by Gasteiger charge is -2.44. The molecule has 21 heavy (non-hydrogen) atoms. The number of hydrogen-bond acceptors (Lipinski definition) is 3. The van der Waals surface area contributed by atoms with Gasteiger partial charge < -0.3 is 0 Å². The Balaban J connectivity index is 1.88. The Morgan fingerprint density at radius 3 is 2.14 bits per heavy atom. The van der Waals surface area contributed by atoms with E-state index < -0.39 is 11.4 Å². The van der Waals surface area contributed by atoms with Crippen molar-refractivity contribution in [2.45, 2.75) is 64.8 Å². The van der Waals surface area contributed by atoms with Crippen molar-refractivity contribution in [3.63, 3.8) is 0 Å². The molecule has 0 aromatic rings. The number of carbonyl (C=O) groups excluding carboxylic acids is 3. The minimum atomic E-state index is -0.960. The minimum absolute atomic E-state index is 0.0539. The molecule has 0 bridgehead atoms. The van der Waals surface area contributed by atoms with E-state index in [1.807, 2.05) is 0 Å². The average molecular weight is 292 g/mol. The second-order valence-electron chi connectivity index (χ2n) is 7.29. The molecule has 1 N–H and O–H groups in total. The zero-order valence-electron chi connectivity index (χ0n) is 12.9. The van der Waals surface area contributed by atoms with E-state index in [9.17, 15) is 14.4 Å². The first-order chi connectivity index (χ1) is 9.94. The second-order valence-corrected chi connectivity index (χ2v) is 7.29. The van der Waals surface area contributed by atoms with Gasteiger partial charge in [-0.05, 0) is 43.9 Å². The van der Waals surface area contributed by atoms with Crippen LogP contribution in [0.15, 0.2) is 0 Å². The summed E-state index contributed by atoms with van der Waals surface area (Å²) < 4.78 is 0. The molecule has 5 nitrogen and oxygen atoms in total. The number of urea groups is 1. The first-order valence-corrected chi connectivity index (χ1v) is 8.13. The van der Waals surface area contributed by atoms with Crippen LogP contribution in [0.3, 0.4) is 0 Å². The van der Waals surface area contributed by atoms with Crippen LogP contribution in [0.4, 0.5) is 4.79 Å². The minimum Gasteiger partial charge on any atom is -0.277 e. The van der Waals surface area contributed by atoms with Crippen molar-refractivity contribution in [1.29, 1.82) is 0 Å². The molecule has 1 heterocycles. The SMILES string of the molecule is CC1CC(C)CC(N2C(=O)NC(=O)C3(CCCC3)C2=O)C1. The maximum Gasteiger partial charge on any atom is 0.331 e. The Hall–Kier alpha value is -1.39. The third-order valence-electron chi connectivity index (χ3n) is 5.48. The lowest BCUT2D eigenvalue weighted by Crippen LogP contribution is -2.66. The van der Waals surface area contributed by atoms with Gasteiger partial charge in [0.25, 0.3) is 0 Å². The van der Waals surface area contributed by atoms with E-state index in [2.05, 4.69) is 19.2 Å². The summed E-state index contributed by atoms with van der Waals surface area (Å²) >= 11 is 0. The van der Waals surface area contributed by atoms with Crippen molar-refractivity contribution in [1.82, 2.24) is 10.2 Å². The Labute approximate surface area is 125 Å². The predicted molar refractivity (Wildman–Crippen MR) is 77.3 cm³/mol. The van der Waals surface area contributed by atoms with E-state index in [4.69, 9.17) is 0 Å². The van der Waals surface area contributed by atoms with Gasteiger partial charge in [0.05, 0.1) is 0 Å². The Morgan fingerprint density at radius 1 is 1.00 bits per heavy atom. The van der Waals surface area contributed by atoms with Crippen LogP contribution in [-0.4, -0.2) is 28.8 Å². The summed E-state index contributed by atoms with van der Waals surface area (Å²) in [6.45, 7) is 4.34. The first-order valence-electron chi connectivity index (χ1n) is 8.13. The molecule has 1 saturated heterocycles. The number of hydrogen-bond donors (Lipinski definition) is 1. The molecule has 1 spiro atoms. The van der Waals surface area contributed by atoms with E-state index in [0.717, 1.165) is 32.1 Å². The van der Waals surface area contributed by atoms with Crippen LogP contribution < -0.4 is 5.32 Å². The van der Waals surface area contributed by atoms with Crippen molar-refractivity contribution in [2.24, 2.45) is 17.3 Å². The molecule has 2 unspecified atom stereocenters. The maximum absolute atomic E-state index is 12.9. The molecule has 116 valence electrons. The van der Waals surface area contributed by atoms with Crippen LogP contribution in [0.1, 0.15) is 58.8 Å². The summed E-state index contributed by atoms with van der Waals surface area (Å²) in [5.74, 6) is 0.413. The van der Waals surface area contributed by atoms with Crippen molar-refractivity contribution in [3.05, 3.63) is 0 Å². The lowest BCUT2D eigenvalue weighted by molar-refractivity contribution is -0.153. The van der Waals surface area contributed by atoms with Gasteiger partial charge in [-0.15, -0.1) is 0 Å². The van der Waals surface area contributed by atoms with Gasteiger partial charge in [-0.3, -0.25) is 19.8 Å². The third kappa shape index (κ3) is 2.27. The highest BCUT2D eigenvalue weighted by Crippen LogP contribution is 2.43. The van der Waals surface area contributed by atoms with Gasteiger partial charge in [-0.1, -0.05) is 26.7 Å². The molecule has 3 fully saturated rings. The van der Waals surface area contributed by atoms with Crippen LogP contribution >= 0.6 is 0 Å². The van der Waals surface area contributed by atoms with Crippen molar-refractivity contribution < 1.29 is 14.4 Å². The molecule has 3 aliphatic rings. The fourth-order valence-electron chi connectivity index (χ4n) is 4.56. The number of imide groups is 2. The van der Waals surface area contributed by atoms with Gasteiger partial charge in [0.2, 0.25) is 11.8 Å². The van der Waals surface area contributed by atoms with Crippen LogP contribution in [-0.2, 0) is 9.59 Å². The van der Waals surface area contributed by atoms with Crippen molar-refractivity contribution in [3.8, 4) is 0 Å². The highest BCUT2D eigenvalue weighted by Gasteiger charge is 2.56. The topological polar surface area (TPSA) is 66.5 Å². The van der Waals surface area contributed by atoms with Gasteiger partial charge in [0.15, 0.2) is 0 Å². The van der Waals surface area contributed by atoms with Crippen molar-refractivity contribution >= 4 is 17.8 Å². The number of amides is 4. The smallest absolute Gasteiger partial charge is 0.277 e. The van der Waals surface area contributed by atoms with E-state index in [1.165, 1.54) is 4.90 Å². The van der Waals surface area contributed by atoms with Crippen LogP contribution in [0.2, 0.25) is 0 Å². The Kier molecular flexibility index (Phi) is 3.54. The average Bonchev–Trinajstić information content (AvgIpc) is 2.86. The zero-order chi connectivity index (χ0) is 15.2. The number of nitrogens with zero attached hydrogens (tertiary/aromatic N) is 1. The normalized spacial score (nSPS) is 36.2. The Morgan fingerprint density at radius 2 is 1.57 bits per heavy atom. The maximum atomic E-state index is 12.9. The highest BCUT2D eigenvalue weighted by atomic mass is 16.2. The number of carbonyl (C=O) groups is 3. The van der Waals surface area contributed by atoms with Gasteiger partial charge in [-0.2, -0.15) is 0 Å². The molecule has 2 aliphatic carbocycles. The van der Waals surface area contributed by atoms with Crippen molar-refractivity contribution in [2.75, 3.05) is 0 Å². The monoisotopic (exact) mass is 292 g/mol. The molecule has 0 aromatic heterocycles. The second kappa shape index (κ2) is 5.11. The first kappa shape index (κ1) is 14.5. The molecule has 5 heteroatoms. The summed E-state index contributed by atoms with van der Waals surface area (Å²) in [5, 5.41) is 2.45. The number of rotatable bonds is 1.